The molecule has 0 unspecified atom stereocenters. The van der Waals surface area contributed by atoms with Crippen molar-refractivity contribution >= 4 is 43.0 Å². The van der Waals surface area contributed by atoms with E-state index in [0.29, 0.717) is 11.8 Å². The fraction of sp³-hybridized carbons (Fsp3) is 0.341. The number of allylic oxidation sites excluding steroid dienone is 2. The van der Waals surface area contributed by atoms with Crippen molar-refractivity contribution in [1.29, 1.82) is 0 Å². The summed E-state index contributed by atoms with van der Waals surface area (Å²) in [4.78, 5) is 5.06. The zero-order valence-electron chi connectivity index (χ0n) is 32.6. The van der Waals surface area contributed by atoms with Gasteiger partial charge >= 0.3 is 0 Å². The molecule has 0 spiro atoms. The summed E-state index contributed by atoms with van der Waals surface area (Å²) < 4.78 is 24.4. The van der Waals surface area contributed by atoms with Crippen LogP contribution < -0.4 is 26.5 Å². The molecule has 6 nitrogen and oxygen atoms in total. The second-order valence-corrected chi connectivity index (χ2v) is 15.6. The molecular weight excluding hydrogens is 682 g/mol. The Morgan fingerprint density at radius 3 is 1.40 bits per heavy atom. The van der Waals surface area contributed by atoms with E-state index < -0.39 is 22.1 Å². The Balaban J connectivity index is 0.00000116. The summed E-state index contributed by atoms with van der Waals surface area (Å²) in [5.74, 6) is 1.11. The molecule has 4 aromatic carbocycles. The number of ether oxygens (including phenoxy) is 4. The molecule has 8 heteroatoms. The van der Waals surface area contributed by atoms with Crippen LogP contribution in [-0.2, 0) is 18.9 Å². The van der Waals surface area contributed by atoms with Gasteiger partial charge in [-0.3, -0.25) is 0 Å². The van der Waals surface area contributed by atoms with Crippen molar-refractivity contribution in [3.8, 4) is 0 Å². The average Bonchev–Trinajstić information content (AvgIpc) is 3.24. The normalized spacial score (nSPS) is 19.3. The highest BCUT2D eigenvalue weighted by Gasteiger charge is 2.47. The first kappa shape index (κ1) is 42.6. The summed E-state index contributed by atoms with van der Waals surface area (Å²) >= 11 is 0. The highest BCUT2D eigenvalue weighted by molar-refractivity contribution is 7.77. The standard InChI is InChI=1S/C38H40N2O4P2.3C2H6/c1-41-33-25-31(45(27-17-9-5-10-18-27)28-19-11-6-12-20-28)35(37(39-33)43-3)36-32(26-34(42-2)40-38(36)44-4)46(29-21-13-7-14-22-29)30-23-15-8-16-24-30;3*1-2/h5-25,32,34,36-37,39H,26H2,1-4H3;3*1-2H3/t32-,34-,36-,37-;;;/m0.../s1. The van der Waals surface area contributed by atoms with Gasteiger partial charge in [-0.15, -0.1) is 0 Å². The molecule has 0 aliphatic carbocycles. The number of nitrogens with one attached hydrogen (secondary N) is 1. The predicted molar refractivity (Wildman–Crippen MR) is 225 cm³/mol. The Morgan fingerprint density at radius 1 is 0.577 bits per heavy atom. The number of nitrogens with zero attached hydrogens (tertiary/aromatic N) is 1. The Morgan fingerprint density at radius 2 is 1.02 bits per heavy atom. The van der Waals surface area contributed by atoms with E-state index >= 15 is 0 Å². The van der Waals surface area contributed by atoms with Crippen LogP contribution in [0.4, 0.5) is 0 Å². The summed E-state index contributed by atoms with van der Waals surface area (Å²) in [5, 5.41) is 9.78. The van der Waals surface area contributed by atoms with E-state index in [0.717, 1.165) is 12.0 Å². The lowest BCUT2D eigenvalue weighted by Gasteiger charge is -2.44. The van der Waals surface area contributed by atoms with Crippen LogP contribution in [0.25, 0.3) is 0 Å². The number of benzene rings is 4. The van der Waals surface area contributed by atoms with Gasteiger partial charge in [0.2, 0.25) is 0 Å². The quantitative estimate of drug-likeness (QED) is 0.165. The van der Waals surface area contributed by atoms with Gasteiger partial charge in [-0.1, -0.05) is 163 Å². The molecule has 2 heterocycles. The summed E-state index contributed by atoms with van der Waals surface area (Å²) in [6.07, 6.45) is 2.09. The average molecular weight is 741 g/mol. The summed E-state index contributed by atoms with van der Waals surface area (Å²) in [5.41, 5.74) is 1.20. The van der Waals surface area contributed by atoms with Gasteiger partial charge < -0.3 is 24.3 Å². The largest absolute Gasteiger partial charge is 0.484 e. The number of rotatable bonds is 10. The molecule has 278 valence electrons. The predicted octanol–water partition coefficient (Wildman–Crippen LogP) is 9.05. The van der Waals surface area contributed by atoms with Gasteiger partial charge in [-0.2, -0.15) is 0 Å². The molecule has 1 N–H and O–H groups in total. The number of hydrogen-bond acceptors (Lipinski definition) is 6. The maximum atomic E-state index is 6.31. The third-order valence-electron chi connectivity index (χ3n) is 8.43. The lowest BCUT2D eigenvalue weighted by molar-refractivity contribution is 0.0707. The van der Waals surface area contributed by atoms with Gasteiger partial charge in [0.05, 0.1) is 20.1 Å². The van der Waals surface area contributed by atoms with Crippen LogP contribution in [0.1, 0.15) is 48.0 Å². The van der Waals surface area contributed by atoms with Crippen molar-refractivity contribution in [3.63, 3.8) is 0 Å². The molecule has 4 atom stereocenters. The minimum atomic E-state index is -1.01. The van der Waals surface area contributed by atoms with Crippen molar-refractivity contribution in [1.82, 2.24) is 5.32 Å². The van der Waals surface area contributed by atoms with Crippen LogP contribution in [0.15, 0.2) is 149 Å². The molecule has 0 fully saturated rings. The van der Waals surface area contributed by atoms with Crippen LogP contribution in [-0.4, -0.2) is 52.5 Å². The topological polar surface area (TPSA) is 61.3 Å². The number of methoxy groups -OCH3 is 4. The van der Waals surface area contributed by atoms with Gasteiger partial charge in [0.1, 0.15) is 0 Å². The van der Waals surface area contributed by atoms with Crippen molar-refractivity contribution < 1.29 is 18.9 Å². The van der Waals surface area contributed by atoms with Gasteiger partial charge in [0, 0.05) is 37.9 Å². The van der Waals surface area contributed by atoms with Gasteiger partial charge in [0.15, 0.2) is 24.2 Å². The molecule has 2 aliphatic heterocycles. The number of aliphatic imine (C=N–C) groups is 1. The first-order valence-electron chi connectivity index (χ1n) is 18.4. The van der Waals surface area contributed by atoms with E-state index in [2.05, 4.69) is 133 Å². The third-order valence-corrected chi connectivity index (χ3v) is 13.8. The molecule has 52 heavy (non-hydrogen) atoms. The van der Waals surface area contributed by atoms with E-state index in [1.54, 1.807) is 28.4 Å². The van der Waals surface area contributed by atoms with Crippen molar-refractivity contribution in [2.45, 2.75) is 66.1 Å². The molecule has 6 rings (SSSR count). The summed E-state index contributed by atoms with van der Waals surface area (Å²) in [7, 11) is 4.99. The van der Waals surface area contributed by atoms with Crippen LogP contribution >= 0.6 is 15.8 Å². The van der Waals surface area contributed by atoms with Crippen LogP contribution in [0.5, 0.6) is 0 Å². The molecular formula is C44H58N2O4P2. The van der Waals surface area contributed by atoms with Crippen molar-refractivity contribution in [3.05, 3.63) is 144 Å². The Labute approximate surface area is 315 Å². The first-order chi connectivity index (χ1) is 25.7. The van der Waals surface area contributed by atoms with E-state index in [-0.39, 0.29) is 17.8 Å². The van der Waals surface area contributed by atoms with Gasteiger partial charge in [0.25, 0.3) is 0 Å². The monoisotopic (exact) mass is 740 g/mol. The maximum absolute atomic E-state index is 6.31. The summed E-state index contributed by atoms with van der Waals surface area (Å²) in [6, 6.07) is 43.2. The Bertz CT molecular complexity index is 1590. The van der Waals surface area contributed by atoms with Crippen LogP contribution in [0, 0.1) is 5.92 Å². The minimum Gasteiger partial charge on any atom is -0.484 e. The zero-order chi connectivity index (χ0) is 37.9. The SMILES string of the molecule is CC.CC.CC.COC1=CC(P(c2ccccc2)c2ccccc2)=C([C@H]2C(OC)=N[C@@H](OC)C[C@@H]2P(c2ccccc2)c2ccccc2)[C@H](OC)N1. The maximum Gasteiger partial charge on any atom is 0.193 e. The first-order valence-corrected chi connectivity index (χ1v) is 21.1. The number of dihydropyridines is 1. The molecule has 0 amide bonds. The molecule has 0 aromatic heterocycles. The lowest BCUT2D eigenvalue weighted by Crippen LogP contribution is -2.48. The molecule has 4 aromatic rings. The highest BCUT2D eigenvalue weighted by atomic mass is 31.1. The van der Waals surface area contributed by atoms with Gasteiger partial charge in [-0.25, -0.2) is 4.99 Å². The van der Waals surface area contributed by atoms with E-state index in [1.165, 1.54) is 26.5 Å². The molecule has 0 saturated heterocycles. The molecule has 2 aliphatic rings. The third kappa shape index (κ3) is 10.2. The number of hydrogen-bond donors (Lipinski definition) is 1. The van der Waals surface area contributed by atoms with Gasteiger partial charge in [-0.05, 0) is 42.4 Å². The highest BCUT2D eigenvalue weighted by Crippen LogP contribution is 2.55. The smallest absolute Gasteiger partial charge is 0.193 e. The zero-order valence-corrected chi connectivity index (χ0v) is 34.4. The second kappa shape index (κ2) is 23.0. The van der Waals surface area contributed by atoms with Crippen molar-refractivity contribution in [2.24, 2.45) is 10.9 Å². The fourth-order valence-corrected chi connectivity index (χ4v) is 12.0. The fourth-order valence-electron chi connectivity index (χ4n) is 6.41. The van der Waals surface area contributed by atoms with E-state index in [4.69, 9.17) is 23.9 Å². The van der Waals surface area contributed by atoms with E-state index in [9.17, 15) is 0 Å². The lowest BCUT2D eigenvalue weighted by atomic mass is 9.88. The Hall–Kier alpha value is -3.79. The summed E-state index contributed by atoms with van der Waals surface area (Å²) in [6.45, 7) is 12.0. The second-order valence-electron chi connectivity index (χ2n) is 11.0. The molecule has 0 bridgehead atoms. The molecule has 0 saturated carbocycles. The van der Waals surface area contributed by atoms with Crippen molar-refractivity contribution in [2.75, 3.05) is 28.4 Å². The minimum absolute atomic E-state index is 0.0857. The Kier molecular flexibility index (Phi) is 18.8. The van der Waals surface area contributed by atoms with Crippen LogP contribution in [0.3, 0.4) is 0 Å². The van der Waals surface area contributed by atoms with E-state index in [1.807, 2.05) is 41.5 Å². The van der Waals surface area contributed by atoms with Crippen LogP contribution in [0.2, 0.25) is 0 Å². The molecule has 0 radical (unpaired) electrons.